The molecule has 7 heteroatoms. The van der Waals surface area contributed by atoms with Crippen LogP contribution in [0.15, 0.2) is 30.3 Å². The normalized spacial score (nSPS) is 11.1. The zero-order valence-electron chi connectivity index (χ0n) is 12.8. The number of carbonyl (C=O) groups excluding carboxylic acids is 1. The van der Waals surface area contributed by atoms with Gasteiger partial charge in [-0.3, -0.25) is 14.3 Å². The standard InChI is InChI=1S/C16H16ClN3O2S/c1-3-22-19-15(21)14-8-12-10(2)18-20(16(12)23-14)9-11-6-4-5-7-13(11)17/h4-8H,3,9H2,1-2H3,(H,19,21). The molecule has 0 aliphatic heterocycles. The maximum absolute atomic E-state index is 12.0. The molecular weight excluding hydrogens is 334 g/mol. The molecule has 1 N–H and O–H groups in total. The number of benzene rings is 1. The summed E-state index contributed by atoms with van der Waals surface area (Å²) in [4.78, 5) is 18.5. The van der Waals surface area contributed by atoms with E-state index < -0.39 is 0 Å². The molecule has 2 heterocycles. The number of carbonyl (C=O) groups is 1. The Labute approximate surface area is 142 Å². The number of hydroxylamine groups is 1. The molecule has 0 aliphatic rings. The Bertz CT molecular complexity index is 856. The lowest BCUT2D eigenvalue weighted by Gasteiger charge is -2.05. The molecule has 0 fully saturated rings. The van der Waals surface area contributed by atoms with E-state index in [0.717, 1.165) is 21.5 Å². The Hall–Kier alpha value is -1.89. The zero-order chi connectivity index (χ0) is 16.4. The van der Waals surface area contributed by atoms with Crippen LogP contribution < -0.4 is 5.48 Å². The Balaban J connectivity index is 1.94. The number of aryl methyl sites for hydroxylation is 1. The quantitative estimate of drug-likeness (QED) is 0.713. The average Bonchev–Trinajstić information content (AvgIpc) is 3.09. The highest BCUT2D eigenvalue weighted by Gasteiger charge is 2.17. The molecule has 2 aromatic heterocycles. The molecule has 0 bridgehead atoms. The van der Waals surface area contributed by atoms with Crippen molar-refractivity contribution in [2.45, 2.75) is 20.4 Å². The van der Waals surface area contributed by atoms with Crippen LogP contribution in [0.4, 0.5) is 0 Å². The average molecular weight is 350 g/mol. The summed E-state index contributed by atoms with van der Waals surface area (Å²) in [6.45, 7) is 4.74. The number of aromatic nitrogens is 2. The van der Waals surface area contributed by atoms with Gasteiger partial charge in [-0.2, -0.15) is 5.10 Å². The van der Waals surface area contributed by atoms with Crippen molar-refractivity contribution in [3.63, 3.8) is 0 Å². The number of amides is 1. The van der Waals surface area contributed by atoms with E-state index in [-0.39, 0.29) is 5.91 Å². The summed E-state index contributed by atoms with van der Waals surface area (Å²) in [7, 11) is 0. The maximum Gasteiger partial charge on any atom is 0.284 e. The van der Waals surface area contributed by atoms with Crippen molar-refractivity contribution in [1.29, 1.82) is 0 Å². The molecule has 5 nitrogen and oxygen atoms in total. The largest absolute Gasteiger partial charge is 0.284 e. The van der Waals surface area contributed by atoms with Crippen molar-refractivity contribution in [2.75, 3.05) is 6.61 Å². The first-order valence-corrected chi connectivity index (χ1v) is 8.42. The first kappa shape index (κ1) is 16.0. The predicted molar refractivity (Wildman–Crippen MR) is 92.0 cm³/mol. The maximum atomic E-state index is 12.0. The Morgan fingerprint density at radius 3 is 2.96 bits per heavy atom. The van der Waals surface area contributed by atoms with Crippen LogP contribution in [0.2, 0.25) is 5.02 Å². The van der Waals surface area contributed by atoms with Crippen LogP contribution in [-0.2, 0) is 11.4 Å². The molecule has 0 spiro atoms. The first-order valence-electron chi connectivity index (χ1n) is 7.22. The van der Waals surface area contributed by atoms with Crippen molar-refractivity contribution in [3.8, 4) is 0 Å². The molecule has 120 valence electrons. The molecule has 3 aromatic rings. The highest BCUT2D eigenvalue weighted by atomic mass is 35.5. The lowest BCUT2D eigenvalue weighted by molar-refractivity contribution is 0.0368. The Kier molecular flexibility index (Phi) is 4.66. The number of hydrogen-bond donors (Lipinski definition) is 1. The van der Waals surface area contributed by atoms with Crippen molar-refractivity contribution < 1.29 is 9.63 Å². The second kappa shape index (κ2) is 6.70. The predicted octanol–water partition coefficient (Wildman–Crippen LogP) is 3.79. The summed E-state index contributed by atoms with van der Waals surface area (Å²) in [6.07, 6.45) is 0. The van der Waals surface area contributed by atoms with E-state index in [1.165, 1.54) is 11.3 Å². The van der Waals surface area contributed by atoms with Gasteiger partial charge in [0.2, 0.25) is 0 Å². The summed E-state index contributed by atoms with van der Waals surface area (Å²) in [5.41, 5.74) is 4.30. The van der Waals surface area contributed by atoms with Crippen LogP contribution in [-0.4, -0.2) is 22.3 Å². The monoisotopic (exact) mass is 349 g/mol. The number of nitrogens with one attached hydrogen (secondary N) is 1. The van der Waals surface area contributed by atoms with Crippen LogP contribution in [0.25, 0.3) is 10.2 Å². The Morgan fingerprint density at radius 1 is 1.43 bits per heavy atom. The van der Waals surface area contributed by atoms with E-state index in [2.05, 4.69) is 10.6 Å². The summed E-state index contributed by atoms with van der Waals surface area (Å²) in [6, 6.07) is 9.53. The summed E-state index contributed by atoms with van der Waals surface area (Å²) in [5.74, 6) is -0.239. The SMILES string of the molecule is CCONC(=O)c1cc2c(C)nn(Cc3ccccc3Cl)c2s1. The van der Waals surface area contributed by atoms with Crippen LogP contribution in [0, 0.1) is 6.92 Å². The molecule has 0 atom stereocenters. The highest BCUT2D eigenvalue weighted by molar-refractivity contribution is 7.20. The van der Waals surface area contributed by atoms with Gasteiger partial charge in [-0.05, 0) is 31.5 Å². The molecule has 0 radical (unpaired) electrons. The molecule has 0 saturated carbocycles. The van der Waals surface area contributed by atoms with Crippen molar-refractivity contribution >= 4 is 39.1 Å². The van der Waals surface area contributed by atoms with Crippen molar-refractivity contribution in [1.82, 2.24) is 15.3 Å². The zero-order valence-corrected chi connectivity index (χ0v) is 14.4. The van der Waals surface area contributed by atoms with Crippen LogP contribution in [0.3, 0.4) is 0 Å². The van der Waals surface area contributed by atoms with Crippen molar-refractivity contribution in [3.05, 3.63) is 51.5 Å². The topological polar surface area (TPSA) is 56.1 Å². The molecule has 1 aromatic carbocycles. The van der Waals surface area contributed by atoms with Gasteiger partial charge < -0.3 is 0 Å². The minimum absolute atomic E-state index is 0.239. The smallest absolute Gasteiger partial charge is 0.274 e. The third-order valence-corrected chi connectivity index (χ3v) is 4.93. The van der Waals surface area contributed by atoms with Crippen LogP contribution in [0.5, 0.6) is 0 Å². The van der Waals surface area contributed by atoms with Gasteiger partial charge >= 0.3 is 0 Å². The second-order valence-corrected chi connectivity index (χ2v) is 6.47. The molecular formula is C16H16ClN3O2S. The minimum atomic E-state index is -0.239. The van der Waals surface area contributed by atoms with Crippen molar-refractivity contribution in [2.24, 2.45) is 0 Å². The van der Waals surface area contributed by atoms with Gasteiger partial charge in [-0.1, -0.05) is 29.8 Å². The van der Waals surface area contributed by atoms with Gasteiger partial charge in [0, 0.05) is 10.4 Å². The third kappa shape index (κ3) is 3.24. The molecule has 0 saturated heterocycles. The first-order chi connectivity index (χ1) is 11.1. The van der Waals surface area contributed by atoms with Gasteiger partial charge in [-0.25, -0.2) is 5.48 Å². The fourth-order valence-electron chi connectivity index (χ4n) is 2.31. The fourth-order valence-corrected chi connectivity index (χ4v) is 3.55. The van der Waals surface area contributed by atoms with E-state index in [0.29, 0.717) is 23.1 Å². The lowest BCUT2D eigenvalue weighted by Crippen LogP contribution is -2.22. The van der Waals surface area contributed by atoms with Gasteiger partial charge in [0.25, 0.3) is 5.91 Å². The number of rotatable bonds is 5. The number of halogens is 1. The minimum Gasteiger partial charge on any atom is -0.274 e. The molecule has 1 amide bonds. The van der Waals surface area contributed by atoms with Gasteiger partial charge in [0.15, 0.2) is 0 Å². The molecule has 0 unspecified atom stereocenters. The summed E-state index contributed by atoms with van der Waals surface area (Å²) < 4.78 is 1.88. The highest BCUT2D eigenvalue weighted by Crippen LogP contribution is 2.29. The van der Waals surface area contributed by atoms with Crippen LogP contribution >= 0.6 is 22.9 Å². The summed E-state index contributed by atoms with van der Waals surface area (Å²) >= 11 is 7.62. The van der Waals surface area contributed by atoms with E-state index in [1.54, 1.807) is 0 Å². The number of thiophene rings is 1. The van der Waals surface area contributed by atoms with E-state index in [1.807, 2.05) is 48.9 Å². The van der Waals surface area contributed by atoms with E-state index >= 15 is 0 Å². The number of hydrogen-bond acceptors (Lipinski definition) is 4. The van der Waals surface area contributed by atoms with Gasteiger partial charge in [-0.15, -0.1) is 11.3 Å². The number of nitrogens with zero attached hydrogens (tertiary/aromatic N) is 2. The fraction of sp³-hybridized carbons (Fsp3) is 0.250. The third-order valence-electron chi connectivity index (χ3n) is 3.42. The van der Waals surface area contributed by atoms with E-state index in [4.69, 9.17) is 16.4 Å². The Morgan fingerprint density at radius 2 is 2.22 bits per heavy atom. The summed E-state index contributed by atoms with van der Waals surface area (Å²) in [5, 5.41) is 6.24. The molecule has 23 heavy (non-hydrogen) atoms. The molecule has 3 rings (SSSR count). The van der Waals surface area contributed by atoms with E-state index in [9.17, 15) is 4.79 Å². The van der Waals surface area contributed by atoms with Gasteiger partial charge in [0.1, 0.15) is 4.83 Å². The lowest BCUT2D eigenvalue weighted by atomic mass is 10.2. The molecule has 0 aliphatic carbocycles. The number of fused-ring (bicyclic) bond motifs is 1. The van der Waals surface area contributed by atoms with Crippen LogP contribution in [0.1, 0.15) is 27.9 Å². The van der Waals surface area contributed by atoms with Gasteiger partial charge in [0.05, 0.1) is 23.7 Å². The second-order valence-electron chi connectivity index (χ2n) is 5.03.